The van der Waals surface area contributed by atoms with Crippen molar-refractivity contribution in [2.24, 2.45) is 0 Å². The summed E-state index contributed by atoms with van der Waals surface area (Å²) < 4.78 is 0. The minimum absolute atomic E-state index is 0.677. The number of hydrogen-bond acceptors (Lipinski definition) is 0. The Labute approximate surface area is 169 Å². The molecule has 0 radical (unpaired) electrons. The summed E-state index contributed by atoms with van der Waals surface area (Å²) in [6.07, 6.45) is 0. The summed E-state index contributed by atoms with van der Waals surface area (Å²) >= 11 is 0. The monoisotopic (exact) mass is 403 g/mol. The van der Waals surface area contributed by atoms with Crippen LogP contribution in [0.4, 0.5) is 0 Å². The van der Waals surface area contributed by atoms with Gasteiger partial charge in [0, 0.05) is 21.8 Å². The van der Waals surface area contributed by atoms with Crippen LogP contribution in [0.15, 0.2) is 46.2 Å². The van der Waals surface area contributed by atoms with E-state index in [0.29, 0.717) is 0 Å². The van der Waals surface area contributed by atoms with Gasteiger partial charge in [-0.05, 0) is 68.6 Å². The Morgan fingerprint density at radius 2 is 0.889 bits per heavy atom. The largest absolute Gasteiger partial charge is 0.354 e. The van der Waals surface area contributed by atoms with Crippen molar-refractivity contribution in [2.75, 3.05) is 34.5 Å². The van der Waals surface area contributed by atoms with Crippen molar-refractivity contribution < 1.29 is 0 Å². The van der Waals surface area contributed by atoms with Crippen LogP contribution < -0.4 is 0 Å². The van der Waals surface area contributed by atoms with Crippen LogP contribution in [0.25, 0.3) is 21.8 Å². The highest BCUT2D eigenvalue weighted by Crippen LogP contribution is 2.57. The van der Waals surface area contributed by atoms with Crippen LogP contribution in [0.1, 0.15) is 41.5 Å². The lowest BCUT2D eigenvalue weighted by Gasteiger charge is -2.37. The topological polar surface area (TPSA) is 15.8 Å². The van der Waals surface area contributed by atoms with E-state index in [4.69, 9.17) is 0 Å². The van der Waals surface area contributed by atoms with E-state index in [0.717, 1.165) is 0 Å². The first kappa shape index (κ1) is 20.7. The van der Waals surface area contributed by atoms with E-state index in [1.807, 2.05) is 0 Å². The van der Waals surface area contributed by atoms with Crippen LogP contribution in [0, 0.1) is 0 Å². The van der Waals surface area contributed by atoms with Crippen LogP contribution >= 0.6 is 20.1 Å². The smallest absolute Gasteiger partial charge is 0.0475 e. The number of nitrogens with one attached hydrogen (secondary N) is 1. The fraction of sp³-hybridized carbons (Fsp3) is 0.500. The molecule has 2 aromatic carbocycles. The number of fused-ring (bicyclic) bond motifs is 3. The quantitative estimate of drug-likeness (QED) is 0.395. The third kappa shape index (κ3) is 3.31. The number of aromatic amines is 1. The fourth-order valence-corrected chi connectivity index (χ4v) is 10.5. The molecule has 3 aromatic rings. The molecule has 0 atom stereocenters. The van der Waals surface area contributed by atoms with Gasteiger partial charge in [0.15, 0.2) is 0 Å². The molecule has 0 spiro atoms. The summed E-state index contributed by atoms with van der Waals surface area (Å²) in [5.41, 5.74) is 2.63. The Bertz CT molecular complexity index is 826. The lowest BCUT2D eigenvalue weighted by atomic mass is 10.1. The van der Waals surface area contributed by atoms with Crippen molar-refractivity contribution in [3.8, 4) is 0 Å². The molecule has 0 aliphatic carbocycles. The van der Waals surface area contributed by atoms with Crippen molar-refractivity contribution >= 4 is 41.9 Å². The molecule has 0 amide bonds. The molecule has 0 fully saturated rings. The summed E-state index contributed by atoms with van der Waals surface area (Å²) in [4.78, 5) is 6.92. The summed E-state index contributed by atoms with van der Waals surface area (Å²) in [5.74, 6) is 7.70. The van der Waals surface area contributed by atoms with Crippen LogP contribution in [0.5, 0.6) is 0 Å². The molecular formula is C24H37NS2. The standard InChI is InChI=1S/C24H37NS2/c1-7-26(8-2,9-3)19-13-15-21-22-16-14-20(27(10-4,11-5)12-6)18-24(22)25-23(21)17-19/h13-18,25H,7-12H2,1-6H3. The second-order valence-corrected chi connectivity index (χ2v) is 16.0. The molecule has 1 N–H and O–H groups in total. The summed E-state index contributed by atoms with van der Waals surface area (Å²) in [6.45, 7) is 14.2. The molecule has 3 rings (SSSR count). The van der Waals surface area contributed by atoms with Gasteiger partial charge >= 0.3 is 0 Å². The lowest BCUT2D eigenvalue weighted by Crippen LogP contribution is -2.09. The normalized spacial score (nSPS) is 14.1. The summed E-state index contributed by atoms with van der Waals surface area (Å²) in [6, 6.07) is 14.5. The van der Waals surface area contributed by atoms with E-state index in [1.54, 1.807) is 9.79 Å². The van der Waals surface area contributed by atoms with Gasteiger partial charge in [0.1, 0.15) is 0 Å². The van der Waals surface area contributed by atoms with Gasteiger partial charge in [0.2, 0.25) is 0 Å². The third-order valence-electron chi connectivity index (χ3n) is 6.86. The van der Waals surface area contributed by atoms with Gasteiger partial charge < -0.3 is 4.98 Å². The lowest BCUT2D eigenvalue weighted by molar-refractivity contribution is 1.28. The second-order valence-electron chi connectivity index (χ2n) is 7.36. The fourth-order valence-electron chi connectivity index (χ4n) is 4.63. The zero-order chi connectivity index (χ0) is 19.7. The summed E-state index contributed by atoms with van der Waals surface area (Å²) in [5, 5.41) is 2.75. The minimum atomic E-state index is -0.677. The molecule has 0 aliphatic heterocycles. The Kier molecular flexibility index (Phi) is 6.22. The van der Waals surface area contributed by atoms with Gasteiger partial charge in [-0.1, -0.05) is 53.7 Å². The Hall–Kier alpha value is -1.06. The van der Waals surface area contributed by atoms with Gasteiger partial charge in [-0.15, -0.1) is 0 Å². The van der Waals surface area contributed by atoms with E-state index in [1.165, 1.54) is 56.3 Å². The Balaban J connectivity index is 2.16. The minimum Gasteiger partial charge on any atom is -0.354 e. The number of hydrogen-bond donors (Lipinski definition) is 1. The van der Waals surface area contributed by atoms with Crippen LogP contribution in [-0.4, -0.2) is 39.5 Å². The van der Waals surface area contributed by atoms with Crippen molar-refractivity contribution in [1.82, 2.24) is 4.98 Å². The van der Waals surface area contributed by atoms with Crippen LogP contribution in [0.2, 0.25) is 0 Å². The third-order valence-corrected chi connectivity index (χ3v) is 16.0. The maximum Gasteiger partial charge on any atom is 0.0475 e. The average Bonchev–Trinajstić information content (AvgIpc) is 3.09. The molecule has 0 unspecified atom stereocenters. The molecule has 0 saturated heterocycles. The number of aromatic nitrogens is 1. The van der Waals surface area contributed by atoms with Crippen molar-refractivity contribution in [2.45, 2.75) is 51.3 Å². The number of benzene rings is 2. The van der Waals surface area contributed by atoms with Crippen molar-refractivity contribution in [1.29, 1.82) is 0 Å². The zero-order valence-electron chi connectivity index (χ0n) is 18.0. The van der Waals surface area contributed by atoms with Gasteiger partial charge in [0.25, 0.3) is 0 Å². The first-order valence-electron chi connectivity index (χ1n) is 10.6. The van der Waals surface area contributed by atoms with E-state index in [9.17, 15) is 0 Å². The van der Waals surface area contributed by atoms with Crippen molar-refractivity contribution in [3.63, 3.8) is 0 Å². The van der Waals surface area contributed by atoms with Gasteiger partial charge in [-0.25, -0.2) is 20.1 Å². The highest BCUT2D eigenvalue weighted by Gasteiger charge is 2.23. The molecule has 0 saturated carbocycles. The van der Waals surface area contributed by atoms with E-state index in [2.05, 4.69) is 82.9 Å². The predicted molar refractivity (Wildman–Crippen MR) is 131 cm³/mol. The maximum atomic E-state index is 3.77. The van der Waals surface area contributed by atoms with E-state index < -0.39 is 20.1 Å². The van der Waals surface area contributed by atoms with Crippen LogP contribution in [0.3, 0.4) is 0 Å². The molecule has 1 heterocycles. The molecule has 27 heavy (non-hydrogen) atoms. The SMILES string of the molecule is CCS(CC)(CC)c1ccc2c(c1)[nH]c1cc(S(CC)(CC)CC)ccc12. The van der Waals surface area contributed by atoms with E-state index >= 15 is 0 Å². The molecule has 0 aliphatic rings. The van der Waals surface area contributed by atoms with Crippen LogP contribution in [-0.2, 0) is 0 Å². The Morgan fingerprint density at radius 1 is 0.556 bits per heavy atom. The predicted octanol–water partition coefficient (Wildman–Crippen LogP) is 7.77. The number of H-pyrrole nitrogens is 1. The molecule has 150 valence electrons. The first-order chi connectivity index (χ1) is 13.0. The van der Waals surface area contributed by atoms with E-state index in [-0.39, 0.29) is 0 Å². The van der Waals surface area contributed by atoms with Gasteiger partial charge in [-0.2, -0.15) is 0 Å². The molecular weight excluding hydrogens is 366 g/mol. The molecule has 1 aromatic heterocycles. The zero-order valence-corrected chi connectivity index (χ0v) is 19.7. The Morgan fingerprint density at radius 3 is 1.19 bits per heavy atom. The second kappa shape index (κ2) is 8.13. The number of rotatable bonds is 8. The average molecular weight is 404 g/mol. The molecule has 0 bridgehead atoms. The summed E-state index contributed by atoms with van der Waals surface area (Å²) in [7, 11) is -1.35. The molecule has 3 heteroatoms. The first-order valence-corrected chi connectivity index (χ1v) is 14.9. The highest BCUT2D eigenvalue weighted by molar-refractivity contribution is 8.34. The molecule has 1 nitrogen and oxygen atoms in total. The maximum absolute atomic E-state index is 3.77. The highest BCUT2D eigenvalue weighted by atomic mass is 32.3. The van der Waals surface area contributed by atoms with Gasteiger partial charge in [0.05, 0.1) is 0 Å². The van der Waals surface area contributed by atoms with Gasteiger partial charge in [-0.3, -0.25) is 0 Å². The van der Waals surface area contributed by atoms with Crippen molar-refractivity contribution in [3.05, 3.63) is 36.4 Å².